The van der Waals surface area contributed by atoms with Crippen molar-refractivity contribution in [2.75, 3.05) is 33.0 Å². The first-order valence-electron chi connectivity index (χ1n) is 12.5. The molecule has 2 rings (SSSR count). The quantitative estimate of drug-likeness (QED) is 0.179. The lowest BCUT2D eigenvalue weighted by Crippen LogP contribution is -2.61. The Morgan fingerprint density at radius 3 is 2.00 bits per heavy atom. The molecule has 1 N–H and O–H groups in total. The fourth-order valence-corrected chi connectivity index (χ4v) is 3.84. The summed E-state index contributed by atoms with van der Waals surface area (Å²) in [5.74, 6) is -5.18. The highest BCUT2D eigenvalue weighted by atomic mass is 19.1. The monoisotopic (exact) mass is 525 g/mol. The number of amides is 1. The lowest BCUT2D eigenvalue weighted by Gasteiger charge is -2.35. The van der Waals surface area contributed by atoms with Crippen LogP contribution in [0.2, 0.25) is 0 Å². The van der Waals surface area contributed by atoms with E-state index in [0.717, 1.165) is 12.1 Å². The number of carbonyl (C=O) groups is 4. The molecule has 0 spiro atoms. The Kier molecular flexibility index (Phi) is 11.4. The molecular weight excluding hydrogens is 489 g/mol. The summed E-state index contributed by atoms with van der Waals surface area (Å²) in [6, 6.07) is 4.71. The maximum absolute atomic E-state index is 13.3. The molecule has 1 amide bonds. The average Bonchev–Trinajstić information content (AvgIpc) is 2.87. The number of nitrogens with one attached hydrogen (secondary N) is 1. The van der Waals surface area contributed by atoms with Crippen LogP contribution < -0.4 is 5.32 Å². The first-order chi connectivity index (χ1) is 17.6. The maximum atomic E-state index is 13.3. The maximum Gasteiger partial charge on any atom is 0.366 e. The molecule has 1 aromatic carbocycles. The van der Waals surface area contributed by atoms with Gasteiger partial charge < -0.3 is 29.0 Å². The molecule has 1 aliphatic heterocycles. The van der Waals surface area contributed by atoms with Crippen molar-refractivity contribution in [3.8, 4) is 0 Å². The van der Waals surface area contributed by atoms with Gasteiger partial charge in [0.2, 0.25) is 5.54 Å². The SMILES string of the molecule is CCOC(=O)C1(C)OCC(CCCCC(NC(=O)c2ccc(F)cc2)(C(=O)OCC)C(=O)OCC)CO1. The Labute approximate surface area is 216 Å². The van der Waals surface area contributed by atoms with Crippen molar-refractivity contribution >= 4 is 23.8 Å². The van der Waals surface area contributed by atoms with Crippen LogP contribution in [0.4, 0.5) is 4.39 Å². The fourth-order valence-electron chi connectivity index (χ4n) is 3.84. The summed E-state index contributed by atoms with van der Waals surface area (Å²) < 4.78 is 39.8. The van der Waals surface area contributed by atoms with Crippen molar-refractivity contribution in [2.24, 2.45) is 5.92 Å². The largest absolute Gasteiger partial charge is 0.464 e. The summed E-state index contributed by atoms with van der Waals surface area (Å²) in [6.07, 6.45) is 1.45. The molecule has 1 fully saturated rings. The highest BCUT2D eigenvalue weighted by Gasteiger charge is 2.50. The first kappa shape index (κ1) is 30.2. The number of unbranched alkanes of at least 4 members (excludes halogenated alkanes) is 1. The van der Waals surface area contributed by atoms with Crippen LogP contribution in [0.3, 0.4) is 0 Å². The van der Waals surface area contributed by atoms with Crippen molar-refractivity contribution in [2.45, 2.75) is 64.7 Å². The average molecular weight is 526 g/mol. The second kappa shape index (κ2) is 14.0. The smallest absolute Gasteiger partial charge is 0.366 e. The van der Waals surface area contributed by atoms with E-state index in [-0.39, 0.29) is 50.9 Å². The van der Waals surface area contributed by atoms with Gasteiger partial charge in [-0.3, -0.25) is 4.79 Å². The topological polar surface area (TPSA) is 126 Å². The second-order valence-electron chi connectivity index (χ2n) is 8.71. The van der Waals surface area contributed by atoms with Gasteiger partial charge >= 0.3 is 17.9 Å². The number of benzene rings is 1. The van der Waals surface area contributed by atoms with Gasteiger partial charge in [-0.15, -0.1) is 0 Å². The van der Waals surface area contributed by atoms with E-state index < -0.39 is 41.0 Å². The van der Waals surface area contributed by atoms with E-state index in [0.29, 0.717) is 19.3 Å². The molecule has 0 unspecified atom stereocenters. The highest BCUT2D eigenvalue weighted by molar-refractivity contribution is 6.10. The number of hydrogen-bond acceptors (Lipinski definition) is 9. The van der Waals surface area contributed by atoms with E-state index in [1.165, 1.54) is 19.1 Å². The van der Waals surface area contributed by atoms with Gasteiger partial charge in [0, 0.05) is 18.4 Å². The predicted octanol–water partition coefficient (Wildman–Crippen LogP) is 2.92. The van der Waals surface area contributed by atoms with Crippen molar-refractivity contribution < 1.29 is 47.3 Å². The molecule has 0 bridgehead atoms. The molecule has 10 nitrogen and oxygen atoms in total. The molecule has 1 aliphatic rings. The van der Waals surface area contributed by atoms with Gasteiger partial charge in [0.05, 0.1) is 33.0 Å². The van der Waals surface area contributed by atoms with Gasteiger partial charge in [-0.05, 0) is 64.3 Å². The third-order valence-corrected chi connectivity index (χ3v) is 5.93. The van der Waals surface area contributed by atoms with Crippen molar-refractivity contribution in [1.82, 2.24) is 5.32 Å². The van der Waals surface area contributed by atoms with Crippen LogP contribution in [0.25, 0.3) is 0 Å². The Hall–Kier alpha value is -3.05. The molecular formula is C26H36FNO9. The van der Waals surface area contributed by atoms with Crippen LogP contribution in [0.1, 0.15) is 63.7 Å². The molecule has 1 heterocycles. The molecule has 1 saturated heterocycles. The number of esters is 3. The van der Waals surface area contributed by atoms with E-state index >= 15 is 0 Å². The minimum absolute atomic E-state index is 0.0115. The van der Waals surface area contributed by atoms with Crippen molar-refractivity contribution in [3.05, 3.63) is 35.6 Å². The first-order valence-corrected chi connectivity index (χ1v) is 12.5. The third-order valence-electron chi connectivity index (χ3n) is 5.93. The zero-order valence-corrected chi connectivity index (χ0v) is 21.8. The zero-order chi connectivity index (χ0) is 27.5. The van der Waals surface area contributed by atoms with Gasteiger partial charge in [0.25, 0.3) is 11.7 Å². The summed E-state index contributed by atoms with van der Waals surface area (Å²) >= 11 is 0. The lowest BCUT2D eigenvalue weighted by atomic mass is 9.90. The molecule has 206 valence electrons. The molecule has 0 saturated carbocycles. The summed E-state index contributed by atoms with van der Waals surface area (Å²) in [7, 11) is 0. The van der Waals surface area contributed by atoms with E-state index in [4.69, 9.17) is 23.7 Å². The molecule has 0 aliphatic carbocycles. The number of hydrogen-bond donors (Lipinski definition) is 1. The van der Waals surface area contributed by atoms with Crippen LogP contribution >= 0.6 is 0 Å². The van der Waals surface area contributed by atoms with E-state index in [1.54, 1.807) is 20.8 Å². The van der Waals surface area contributed by atoms with Crippen molar-refractivity contribution in [3.63, 3.8) is 0 Å². The van der Waals surface area contributed by atoms with Crippen LogP contribution in [-0.2, 0) is 38.1 Å². The van der Waals surface area contributed by atoms with Gasteiger partial charge in [-0.2, -0.15) is 0 Å². The molecule has 1 aromatic rings. The number of carbonyl (C=O) groups excluding carboxylic acids is 4. The minimum Gasteiger partial charge on any atom is -0.464 e. The van der Waals surface area contributed by atoms with E-state index in [9.17, 15) is 23.6 Å². The standard InChI is InChI=1S/C26H36FNO9/c1-5-33-22(30)25(4)36-16-18(17-37-25)10-8-9-15-26(23(31)34-6-2,24(32)35-7-3)28-21(29)19-11-13-20(27)14-12-19/h11-14,18H,5-10,15-17H2,1-4H3,(H,28,29). The van der Waals surface area contributed by atoms with Crippen LogP contribution in [0.15, 0.2) is 24.3 Å². The van der Waals surface area contributed by atoms with E-state index in [2.05, 4.69) is 5.32 Å². The fraction of sp³-hybridized carbons (Fsp3) is 0.615. The summed E-state index contributed by atoms with van der Waals surface area (Å²) in [6.45, 7) is 7.12. The number of halogens is 1. The van der Waals surface area contributed by atoms with Gasteiger partial charge in [-0.1, -0.05) is 6.42 Å². The second-order valence-corrected chi connectivity index (χ2v) is 8.71. The van der Waals surface area contributed by atoms with E-state index in [1.807, 2.05) is 0 Å². The third kappa shape index (κ3) is 7.96. The molecule has 11 heteroatoms. The molecule has 0 aromatic heterocycles. The normalized spacial score (nSPS) is 19.5. The summed E-state index contributed by atoms with van der Waals surface area (Å²) in [5.41, 5.74) is -2.00. The Morgan fingerprint density at radius 2 is 1.49 bits per heavy atom. The van der Waals surface area contributed by atoms with Crippen LogP contribution in [0.5, 0.6) is 0 Å². The Bertz CT molecular complexity index is 908. The summed E-state index contributed by atoms with van der Waals surface area (Å²) in [4.78, 5) is 50.9. The molecule has 0 radical (unpaired) electrons. The Balaban J connectivity index is 2.08. The van der Waals surface area contributed by atoms with Gasteiger partial charge in [-0.25, -0.2) is 18.8 Å². The lowest BCUT2D eigenvalue weighted by molar-refractivity contribution is -0.274. The van der Waals surface area contributed by atoms with Gasteiger partial charge in [0.1, 0.15) is 5.82 Å². The minimum atomic E-state index is -2.07. The number of rotatable bonds is 13. The molecule has 37 heavy (non-hydrogen) atoms. The molecule has 0 atom stereocenters. The van der Waals surface area contributed by atoms with Crippen LogP contribution in [-0.4, -0.2) is 68.2 Å². The van der Waals surface area contributed by atoms with Crippen LogP contribution in [0, 0.1) is 11.7 Å². The highest BCUT2D eigenvalue weighted by Crippen LogP contribution is 2.27. The zero-order valence-electron chi connectivity index (χ0n) is 21.8. The predicted molar refractivity (Wildman–Crippen MR) is 129 cm³/mol. The van der Waals surface area contributed by atoms with Gasteiger partial charge in [0.15, 0.2) is 0 Å². The summed E-state index contributed by atoms with van der Waals surface area (Å²) in [5, 5.41) is 2.50. The number of ether oxygens (including phenoxy) is 5. The van der Waals surface area contributed by atoms with Crippen molar-refractivity contribution in [1.29, 1.82) is 0 Å². The Morgan fingerprint density at radius 1 is 0.946 bits per heavy atom.